The number of hydrogen-bond acceptors (Lipinski definition) is 5. The van der Waals surface area contributed by atoms with Crippen molar-refractivity contribution in [3.05, 3.63) is 41.3 Å². The summed E-state index contributed by atoms with van der Waals surface area (Å²) in [5.41, 5.74) is 0.530. The molecule has 2 unspecified atom stereocenters. The van der Waals surface area contributed by atoms with Crippen LogP contribution in [-0.2, 0) is 9.59 Å². The predicted octanol–water partition coefficient (Wildman–Crippen LogP) is 1.90. The van der Waals surface area contributed by atoms with Gasteiger partial charge in [-0.2, -0.15) is 0 Å². The second-order valence-corrected chi connectivity index (χ2v) is 6.30. The molecule has 2 rings (SSSR count). The van der Waals surface area contributed by atoms with Gasteiger partial charge in [0.1, 0.15) is 10.8 Å². The highest BCUT2D eigenvalue weighted by Gasteiger charge is 2.42. The zero-order valence-corrected chi connectivity index (χ0v) is 12.5. The highest BCUT2D eigenvalue weighted by atomic mass is 32.2. The van der Waals surface area contributed by atoms with Crippen LogP contribution in [0.3, 0.4) is 0 Å². The van der Waals surface area contributed by atoms with Gasteiger partial charge >= 0.3 is 5.97 Å². The number of rotatable bonds is 4. The molecule has 22 heavy (non-hydrogen) atoms. The van der Waals surface area contributed by atoms with Crippen molar-refractivity contribution in [1.82, 2.24) is 5.32 Å². The average Bonchev–Trinajstić information content (AvgIpc) is 2.82. The summed E-state index contributed by atoms with van der Waals surface area (Å²) in [6.45, 7) is 1.65. The van der Waals surface area contributed by atoms with Crippen LogP contribution in [0.2, 0.25) is 0 Å². The third-order valence-corrected chi connectivity index (χ3v) is 4.38. The quantitative estimate of drug-likeness (QED) is 0.498. The van der Waals surface area contributed by atoms with Crippen molar-refractivity contribution in [2.45, 2.75) is 11.8 Å². The largest absolute Gasteiger partial charge is 0.504 e. The molecule has 0 spiro atoms. The van der Waals surface area contributed by atoms with E-state index >= 15 is 0 Å². The normalized spacial score (nSPS) is 23.8. The first-order chi connectivity index (χ1) is 10.3. The standard InChI is InChI=1S/C15H15NO5S/c1-15(10(14(20)21)6-7-22-15)16-13(19)5-3-9-2-4-11(17)12(18)8-9/h2-8,10,17-18H,1H3,(H,16,19)(H,20,21)/b5-3+. The van der Waals surface area contributed by atoms with Crippen molar-refractivity contribution >= 4 is 29.7 Å². The Hall–Kier alpha value is -2.41. The number of hydrogen-bond donors (Lipinski definition) is 4. The van der Waals surface area contributed by atoms with Crippen LogP contribution in [0.4, 0.5) is 0 Å². The Bertz CT molecular complexity index is 670. The van der Waals surface area contributed by atoms with Crippen molar-refractivity contribution < 1.29 is 24.9 Å². The average molecular weight is 321 g/mol. The smallest absolute Gasteiger partial charge is 0.313 e. The van der Waals surface area contributed by atoms with Crippen LogP contribution < -0.4 is 5.32 Å². The van der Waals surface area contributed by atoms with E-state index in [1.807, 2.05) is 0 Å². The highest BCUT2D eigenvalue weighted by molar-refractivity contribution is 8.03. The van der Waals surface area contributed by atoms with Crippen LogP contribution in [0.25, 0.3) is 6.08 Å². The zero-order chi connectivity index (χ0) is 16.3. The molecule has 6 nitrogen and oxygen atoms in total. The number of amides is 1. The monoisotopic (exact) mass is 321 g/mol. The molecule has 1 heterocycles. The third kappa shape index (κ3) is 3.43. The minimum Gasteiger partial charge on any atom is -0.504 e. The Morgan fingerprint density at radius 1 is 1.32 bits per heavy atom. The maximum absolute atomic E-state index is 12.0. The van der Waals surface area contributed by atoms with Gasteiger partial charge in [-0.05, 0) is 36.1 Å². The van der Waals surface area contributed by atoms with Crippen LogP contribution in [0.15, 0.2) is 35.8 Å². The number of carboxylic acid groups (broad SMARTS) is 1. The Morgan fingerprint density at radius 2 is 2.05 bits per heavy atom. The highest BCUT2D eigenvalue weighted by Crippen LogP contribution is 2.38. The number of nitrogens with one attached hydrogen (secondary N) is 1. The van der Waals surface area contributed by atoms with Gasteiger partial charge in [-0.1, -0.05) is 12.1 Å². The Balaban J connectivity index is 2.05. The first-order valence-electron chi connectivity index (χ1n) is 6.41. The van der Waals surface area contributed by atoms with E-state index < -0.39 is 22.7 Å². The van der Waals surface area contributed by atoms with Gasteiger partial charge in [0.25, 0.3) is 0 Å². The van der Waals surface area contributed by atoms with E-state index in [4.69, 9.17) is 5.11 Å². The first-order valence-corrected chi connectivity index (χ1v) is 7.29. The van der Waals surface area contributed by atoms with Crippen LogP contribution in [0.5, 0.6) is 11.5 Å². The van der Waals surface area contributed by atoms with E-state index in [0.717, 1.165) is 0 Å². The molecule has 0 radical (unpaired) electrons. The fraction of sp³-hybridized carbons (Fsp3) is 0.200. The summed E-state index contributed by atoms with van der Waals surface area (Å²) in [6.07, 6.45) is 4.24. The minimum atomic E-state index is -1.00. The number of carbonyl (C=O) groups is 2. The molecule has 4 N–H and O–H groups in total. The molecule has 0 bridgehead atoms. The molecule has 0 fully saturated rings. The second-order valence-electron chi connectivity index (χ2n) is 4.94. The van der Waals surface area contributed by atoms with Crippen LogP contribution >= 0.6 is 11.8 Å². The minimum absolute atomic E-state index is 0.244. The van der Waals surface area contributed by atoms with Crippen molar-refractivity contribution in [3.8, 4) is 11.5 Å². The van der Waals surface area contributed by atoms with Gasteiger partial charge in [-0.15, -0.1) is 11.8 Å². The summed E-state index contributed by atoms with van der Waals surface area (Å²) in [4.78, 5) is 22.2. The fourth-order valence-electron chi connectivity index (χ4n) is 2.04. The van der Waals surface area contributed by atoms with Gasteiger partial charge in [-0.3, -0.25) is 9.59 Å². The number of phenolic OH excluding ortho intramolecular Hbond substituents is 2. The summed E-state index contributed by atoms with van der Waals surface area (Å²) in [5, 5.41) is 32.0. The van der Waals surface area contributed by atoms with Gasteiger partial charge in [0.05, 0.1) is 0 Å². The van der Waals surface area contributed by atoms with Gasteiger partial charge < -0.3 is 20.6 Å². The molecule has 1 aliphatic heterocycles. The number of phenols is 2. The molecular weight excluding hydrogens is 306 g/mol. The number of carbonyl (C=O) groups excluding carboxylic acids is 1. The maximum atomic E-state index is 12.0. The number of aromatic hydroxyl groups is 2. The van der Waals surface area contributed by atoms with Gasteiger partial charge in [0.2, 0.25) is 5.91 Å². The summed E-state index contributed by atoms with van der Waals surface area (Å²) < 4.78 is 0. The van der Waals surface area contributed by atoms with E-state index in [0.29, 0.717) is 5.56 Å². The molecule has 116 valence electrons. The van der Waals surface area contributed by atoms with Crippen molar-refractivity contribution in [3.63, 3.8) is 0 Å². The van der Waals surface area contributed by atoms with Crippen LogP contribution in [0.1, 0.15) is 12.5 Å². The van der Waals surface area contributed by atoms with Gasteiger partial charge in [-0.25, -0.2) is 0 Å². The molecular formula is C15H15NO5S. The number of aliphatic carboxylic acids is 1. The molecule has 0 aliphatic carbocycles. The molecule has 1 aliphatic rings. The molecule has 0 saturated heterocycles. The van der Waals surface area contributed by atoms with Crippen molar-refractivity contribution in [2.75, 3.05) is 0 Å². The number of thioether (sulfide) groups is 1. The molecule has 0 aromatic heterocycles. The molecule has 7 heteroatoms. The molecule has 1 amide bonds. The first kappa shape index (κ1) is 16.0. The summed E-state index contributed by atoms with van der Waals surface area (Å²) in [7, 11) is 0. The maximum Gasteiger partial charge on any atom is 0.313 e. The summed E-state index contributed by atoms with van der Waals surface area (Å²) >= 11 is 1.24. The topological polar surface area (TPSA) is 107 Å². The van der Waals surface area contributed by atoms with E-state index in [2.05, 4.69) is 5.32 Å². The lowest BCUT2D eigenvalue weighted by Gasteiger charge is -2.28. The lowest BCUT2D eigenvalue weighted by atomic mass is 10.0. The molecule has 0 saturated carbocycles. The Kier molecular flexibility index (Phi) is 4.46. The van der Waals surface area contributed by atoms with Gasteiger partial charge in [0.15, 0.2) is 11.5 Å². The third-order valence-electron chi connectivity index (χ3n) is 3.24. The number of carboxylic acids is 1. The lowest BCUT2D eigenvalue weighted by molar-refractivity contribution is -0.141. The lowest BCUT2D eigenvalue weighted by Crippen LogP contribution is -2.48. The van der Waals surface area contributed by atoms with E-state index in [1.54, 1.807) is 12.3 Å². The van der Waals surface area contributed by atoms with E-state index in [-0.39, 0.29) is 11.5 Å². The second kappa shape index (κ2) is 6.15. The SMILES string of the molecule is CC1(NC(=O)/C=C/c2ccc(O)c(O)c2)SC=CC1C(=O)O. The molecule has 1 aromatic rings. The van der Waals surface area contributed by atoms with E-state index in [1.165, 1.54) is 48.2 Å². The van der Waals surface area contributed by atoms with Crippen molar-refractivity contribution in [2.24, 2.45) is 5.92 Å². The molecule has 2 atom stereocenters. The summed E-state index contributed by atoms with van der Waals surface area (Å²) in [6, 6.07) is 4.16. The Labute approximate surface area is 131 Å². The predicted molar refractivity (Wildman–Crippen MR) is 83.2 cm³/mol. The summed E-state index contributed by atoms with van der Waals surface area (Å²) in [5.74, 6) is -2.77. The molecule has 1 aromatic carbocycles. The number of benzene rings is 1. The van der Waals surface area contributed by atoms with Gasteiger partial charge in [0, 0.05) is 6.08 Å². The van der Waals surface area contributed by atoms with Crippen LogP contribution in [-0.4, -0.2) is 32.1 Å². The van der Waals surface area contributed by atoms with Crippen LogP contribution in [0, 0.1) is 5.92 Å². The van der Waals surface area contributed by atoms with Crippen molar-refractivity contribution in [1.29, 1.82) is 0 Å². The fourth-order valence-corrected chi connectivity index (χ4v) is 3.05. The van der Waals surface area contributed by atoms with E-state index in [9.17, 15) is 19.8 Å². The zero-order valence-electron chi connectivity index (χ0n) is 11.7. The Morgan fingerprint density at radius 3 is 2.68 bits per heavy atom.